The summed E-state index contributed by atoms with van der Waals surface area (Å²) >= 11 is 0. The molecule has 0 amide bonds. The molecule has 1 fully saturated rings. The van der Waals surface area contributed by atoms with Crippen molar-refractivity contribution < 1.29 is 14.2 Å². The Bertz CT molecular complexity index is 789. The fraction of sp³-hybridized carbons (Fsp3) is 0.478. The maximum absolute atomic E-state index is 5.77. The first-order valence-corrected chi connectivity index (χ1v) is 10.5. The van der Waals surface area contributed by atoms with Gasteiger partial charge in [0.2, 0.25) is 5.88 Å². The Labute approximate surface area is 179 Å². The number of nitrogens with zero attached hydrogens (tertiary/aromatic N) is 3. The van der Waals surface area contributed by atoms with Gasteiger partial charge in [-0.3, -0.25) is 0 Å². The van der Waals surface area contributed by atoms with Gasteiger partial charge in [-0.1, -0.05) is 6.07 Å². The Kier molecular flexibility index (Phi) is 8.32. The summed E-state index contributed by atoms with van der Waals surface area (Å²) in [5.41, 5.74) is 1.02. The number of hydrogen-bond acceptors (Lipinski definition) is 5. The highest BCUT2D eigenvalue weighted by Crippen LogP contribution is 2.28. The molecule has 162 valence electrons. The first-order valence-electron chi connectivity index (χ1n) is 10.5. The van der Waals surface area contributed by atoms with Crippen molar-refractivity contribution in [2.45, 2.75) is 26.3 Å². The third-order valence-corrected chi connectivity index (χ3v) is 4.81. The normalized spacial score (nSPS) is 13.8. The van der Waals surface area contributed by atoms with Gasteiger partial charge in [-0.2, -0.15) is 0 Å². The fourth-order valence-electron chi connectivity index (χ4n) is 2.81. The molecule has 1 aliphatic rings. The van der Waals surface area contributed by atoms with Gasteiger partial charge in [0.15, 0.2) is 5.96 Å². The minimum absolute atomic E-state index is 0.546. The van der Waals surface area contributed by atoms with E-state index in [1.807, 2.05) is 43.4 Å². The summed E-state index contributed by atoms with van der Waals surface area (Å²) in [4.78, 5) is 11.2. The Balaban J connectivity index is 1.50. The van der Waals surface area contributed by atoms with Crippen LogP contribution in [0, 0.1) is 5.92 Å². The Hall–Kier alpha value is -2.80. The molecule has 0 unspecified atom stereocenters. The molecule has 1 aromatic carbocycles. The molecule has 7 heteroatoms. The lowest BCUT2D eigenvalue weighted by molar-refractivity contribution is 0.115. The van der Waals surface area contributed by atoms with Crippen LogP contribution in [-0.2, 0) is 11.3 Å². The van der Waals surface area contributed by atoms with E-state index in [-0.39, 0.29) is 0 Å². The molecule has 0 aliphatic heterocycles. The van der Waals surface area contributed by atoms with Crippen LogP contribution in [0.4, 0.5) is 0 Å². The highest BCUT2D eigenvalue weighted by molar-refractivity contribution is 5.79. The summed E-state index contributed by atoms with van der Waals surface area (Å²) in [6.07, 6.45) is 4.43. The van der Waals surface area contributed by atoms with E-state index < -0.39 is 0 Å². The summed E-state index contributed by atoms with van der Waals surface area (Å²) in [6.45, 7) is 5.85. The number of aliphatic imine (C=N–C) groups is 1. The van der Waals surface area contributed by atoms with Crippen LogP contribution in [0.5, 0.6) is 17.4 Å². The number of benzene rings is 1. The number of hydrogen-bond donors (Lipinski definition) is 1. The summed E-state index contributed by atoms with van der Waals surface area (Å²) in [7, 11) is 3.67. The van der Waals surface area contributed by atoms with Crippen molar-refractivity contribution in [1.29, 1.82) is 0 Å². The monoisotopic (exact) mass is 412 g/mol. The van der Waals surface area contributed by atoms with Crippen molar-refractivity contribution in [2.24, 2.45) is 10.9 Å². The van der Waals surface area contributed by atoms with E-state index in [1.165, 1.54) is 12.8 Å². The van der Waals surface area contributed by atoms with E-state index in [2.05, 4.69) is 22.1 Å². The van der Waals surface area contributed by atoms with Crippen LogP contribution in [0.1, 0.15) is 25.3 Å². The van der Waals surface area contributed by atoms with Crippen molar-refractivity contribution in [3.8, 4) is 17.4 Å². The van der Waals surface area contributed by atoms with E-state index in [0.717, 1.165) is 49.5 Å². The highest BCUT2D eigenvalue weighted by Gasteiger charge is 2.21. The standard InChI is InChI=1S/C23H32N4O3/c1-4-24-23(27(2)13-14-29-17-18-5-6-18)26-16-19-7-12-22(25-15-19)30-21-10-8-20(28-3)9-11-21/h7-12,15,18H,4-6,13-14,16-17H2,1-3H3,(H,24,26). The summed E-state index contributed by atoms with van der Waals surface area (Å²) in [5, 5.41) is 3.33. The molecule has 0 atom stereocenters. The van der Waals surface area contributed by atoms with Crippen LogP contribution in [0.3, 0.4) is 0 Å². The second-order valence-electron chi connectivity index (χ2n) is 7.39. The lowest BCUT2D eigenvalue weighted by Gasteiger charge is -2.22. The van der Waals surface area contributed by atoms with Crippen LogP contribution in [0.2, 0.25) is 0 Å². The van der Waals surface area contributed by atoms with Crippen LogP contribution in [0.25, 0.3) is 0 Å². The van der Waals surface area contributed by atoms with Crippen molar-refractivity contribution >= 4 is 5.96 Å². The number of nitrogens with one attached hydrogen (secondary N) is 1. The van der Waals surface area contributed by atoms with Crippen molar-refractivity contribution in [2.75, 3.05) is 40.5 Å². The first kappa shape index (κ1) is 21.9. The number of guanidine groups is 1. The summed E-state index contributed by atoms with van der Waals surface area (Å²) in [5.74, 6) is 3.71. The first-order chi connectivity index (χ1) is 14.7. The average molecular weight is 413 g/mol. The molecule has 2 aromatic rings. The molecular weight excluding hydrogens is 380 g/mol. The van der Waals surface area contributed by atoms with Crippen LogP contribution >= 0.6 is 0 Å². The van der Waals surface area contributed by atoms with Gasteiger partial charge in [0.05, 0.1) is 20.3 Å². The van der Waals surface area contributed by atoms with Gasteiger partial charge in [-0.25, -0.2) is 9.98 Å². The quantitative estimate of drug-likeness (QED) is 0.345. The topological polar surface area (TPSA) is 68.2 Å². The second kappa shape index (κ2) is 11.4. The second-order valence-corrected chi connectivity index (χ2v) is 7.39. The average Bonchev–Trinajstić information content (AvgIpc) is 3.60. The molecule has 0 bridgehead atoms. The highest BCUT2D eigenvalue weighted by atomic mass is 16.5. The fourth-order valence-corrected chi connectivity index (χ4v) is 2.81. The van der Waals surface area contributed by atoms with Crippen LogP contribution < -0.4 is 14.8 Å². The molecule has 0 saturated heterocycles. The van der Waals surface area contributed by atoms with Gasteiger partial charge in [-0.05, 0) is 55.5 Å². The number of ether oxygens (including phenoxy) is 3. The molecule has 30 heavy (non-hydrogen) atoms. The predicted molar refractivity (Wildman–Crippen MR) is 118 cm³/mol. The smallest absolute Gasteiger partial charge is 0.219 e. The van der Waals surface area contributed by atoms with Crippen molar-refractivity contribution in [3.63, 3.8) is 0 Å². The summed E-state index contributed by atoms with van der Waals surface area (Å²) < 4.78 is 16.7. The lowest BCUT2D eigenvalue weighted by atomic mass is 10.3. The van der Waals surface area contributed by atoms with Gasteiger partial charge >= 0.3 is 0 Å². The molecule has 1 heterocycles. The molecule has 1 saturated carbocycles. The minimum Gasteiger partial charge on any atom is -0.497 e. The van der Waals surface area contributed by atoms with Crippen LogP contribution in [-0.4, -0.2) is 56.3 Å². The lowest BCUT2D eigenvalue weighted by Crippen LogP contribution is -2.40. The molecular formula is C23H32N4O3. The van der Waals surface area contributed by atoms with Crippen molar-refractivity contribution in [1.82, 2.24) is 15.2 Å². The zero-order chi connectivity index (χ0) is 21.2. The molecule has 1 aliphatic carbocycles. The number of rotatable bonds is 11. The van der Waals surface area contributed by atoms with Gasteiger partial charge < -0.3 is 24.4 Å². The molecule has 0 spiro atoms. The van der Waals surface area contributed by atoms with E-state index >= 15 is 0 Å². The molecule has 7 nitrogen and oxygen atoms in total. The Morgan fingerprint density at radius 2 is 1.93 bits per heavy atom. The SMILES string of the molecule is CCNC(=NCc1ccc(Oc2ccc(OC)cc2)nc1)N(C)CCOCC1CC1. The van der Waals surface area contributed by atoms with E-state index in [0.29, 0.717) is 18.2 Å². The van der Waals surface area contributed by atoms with Gasteiger partial charge in [0.25, 0.3) is 0 Å². The van der Waals surface area contributed by atoms with Gasteiger partial charge in [0.1, 0.15) is 11.5 Å². The largest absolute Gasteiger partial charge is 0.497 e. The van der Waals surface area contributed by atoms with Crippen molar-refractivity contribution in [3.05, 3.63) is 48.2 Å². The maximum Gasteiger partial charge on any atom is 0.219 e. The zero-order valence-electron chi connectivity index (χ0n) is 18.1. The van der Waals surface area contributed by atoms with E-state index in [1.54, 1.807) is 13.3 Å². The van der Waals surface area contributed by atoms with Gasteiger partial charge in [0, 0.05) is 39.0 Å². The number of aromatic nitrogens is 1. The van der Waals surface area contributed by atoms with Gasteiger partial charge in [-0.15, -0.1) is 0 Å². The molecule has 1 aromatic heterocycles. The third-order valence-electron chi connectivity index (χ3n) is 4.81. The van der Waals surface area contributed by atoms with E-state index in [9.17, 15) is 0 Å². The molecule has 1 N–H and O–H groups in total. The molecule has 0 radical (unpaired) electrons. The minimum atomic E-state index is 0.546. The van der Waals surface area contributed by atoms with Crippen LogP contribution in [0.15, 0.2) is 47.6 Å². The van der Waals surface area contributed by atoms with E-state index in [4.69, 9.17) is 19.2 Å². The Morgan fingerprint density at radius 3 is 2.57 bits per heavy atom. The Morgan fingerprint density at radius 1 is 1.17 bits per heavy atom. The third kappa shape index (κ3) is 7.22. The maximum atomic E-state index is 5.77. The predicted octanol–water partition coefficient (Wildman–Crippen LogP) is 3.71. The number of pyridine rings is 1. The zero-order valence-corrected chi connectivity index (χ0v) is 18.1. The number of methoxy groups -OCH3 is 1. The summed E-state index contributed by atoms with van der Waals surface area (Å²) in [6, 6.07) is 11.3. The number of likely N-dealkylation sites (N-methyl/N-ethyl adjacent to an activating group) is 1. The molecule has 3 rings (SSSR count).